The van der Waals surface area contributed by atoms with Crippen molar-refractivity contribution in [1.29, 1.82) is 0 Å². The minimum absolute atomic E-state index is 0.309. The summed E-state index contributed by atoms with van der Waals surface area (Å²) in [5.41, 5.74) is 1.32. The molecule has 0 atom stereocenters. The standard InChI is InChI=1S/C16H24O3/c1-19-15-11-8-10-14(13-15)9-6-4-2-3-5-7-12-16(17)18/h8,10-11,13H,2-7,9,12H2,1H3,(H,17,18). The molecule has 0 aliphatic heterocycles. The van der Waals surface area contributed by atoms with Gasteiger partial charge in [0.05, 0.1) is 7.11 Å². The third-order valence-electron chi connectivity index (χ3n) is 3.24. The van der Waals surface area contributed by atoms with Crippen LogP contribution in [0.2, 0.25) is 0 Å². The number of aryl methyl sites for hydroxylation is 1. The predicted molar refractivity (Wildman–Crippen MR) is 76.7 cm³/mol. The minimum atomic E-state index is -0.682. The molecule has 1 aromatic rings. The van der Waals surface area contributed by atoms with E-state index in [9.17, 15) is 4.79 Å². The number of hydrogen-bond donors (Lipinski definition) is 1. The zero-order valence-electron chi connectivity index (χ0n) is 11.7. The van der Waals surface area contributed by atoms with Gasteiger partial charge < -0.3 is 9.84 Å². The maximum Gasteiger partial charge on any atom is 0.303 e. The van der Waals surface area contributed by atoms with Crippen LogP contribution < -0.4 is 4.74 Å². The number of carboxylic acid groups (broad SMARTS) is 1. The van der Waals surface area contributed by atoms with Crippen LogP contribution in [-0.2, 0) is 11.2 Å². The van der Waals surface area contributed by atoms with Gasteiger partial charge in [0.2, 0.25) is 0 Å². The van der Waals surface area contributed by atoms with E-state index in [2.05, 4.69) is 12.1 Å². The summed E-state index contributed by atoms with van der Waals surface area (Å²) >= 11 is 0. The fourth-order valence-electron chi connectivity index (χ4n) is 2.14. The largest absolute Gasteiger partial charge is 0.497 e. The molecule has 0 heterocycles. The molecule has 0 amide bonds. The van der Waals surface area contributed by atoms with Gasteiger partial charge in [-0.2, -0.15) is 0 Å². The Bertz CT molecular complexity index is 374. The van der Waals surface area contributed by atoms with Gasteiger partial charge >= 0.3 is 5.97 Å². The van der Waals surface area contributed by atoms with Gasteiger partial charge in [0.15, 0.2) is 0 Å². The molecule has 0 radical (unpaired) electrons. The number of hydrogen-bond acceptors (Lipinski definition) is 2. The molecule has 3 nitrogen and oxygen atoms in total. The second-order valence-electron chi connectivity index (χ2n) is 4.87. The number of rotatable bonds is 10. The van der Waals surface area contributed by atoms with Crippen LogP contribution in [0.15, 0.2) is 24.3 Å². The molecule has 0 fully saturated rings. The van der Waals surface area contributed by atoms with E-state index in [-0.39, 0.29) is 0 Å². The lowest BCUT2D eigenvalue weighted by Crippen LogP contribution is -1.93. The van der Waals surface area contributed by atoms with Crippen molar-refractivity contribution in [3.8, 4) is 5.75 Å². The summed E-state index contributed by atoms with van der Waals surface area (Å²) in [5.74, 6) is 0.240. The van der Waals surface area contributed by atoms with Gasteiger partial charge in [0.25, 0.3) is 0 Å². The Morgan fingerprint density at radius 1 is 1.11 bits per heavy atom. The number of unbranched alkanes of at least 4 members (excludes halogenated alkanes) is 5. The van der Waals surface area contributed by atoms with E-state index in [0.717, 1.165) is 31.4 Å². The van der Waals surface area contributed by atoms with Crippen molar-refractivity contribution in [3.63, 3.8) is 0 Å². The van der Waals surface area contributed by atoms with Crippen molar-refractivity contribution in [2.24, 2.45) is 0 Å². The fourth-order valence-corrected chi connectivity index (χ4v) is 2.14. The summed E-state index contributed by atoms with van der Waals surface area (Å²) in [7, 11) is 1.69. The van der Waals surface area contributed by atoms with Crippen LogP contribution in [0.1, 0.15) is 50.5 Å². The topological polar surface area (TPSA) is 46.5 Å². The highest BCUT2D eigenvalue weighted by molar-refractivity contribution is 5.66. The SMILES string of the molecule is COc1cccc(CCCCCCCCC(=O)O)c1. The van der Waals surface area contributed by atoms with Crippen LogP contribution in [0, 0.1) is 0 Å². The molecular weight excluding hydrogens is 240 g/mol. The summed E-state index contributed by atoms with van der Waals surface area (Å²) in [6.07, 6.45) is 7.98. The third kappa shape index (κ3) is 7.50. The fraction of sp³-hybridized carbons (Fsp3) is 0.562. The molecule has 0 aromatic heterocycles. The Balaban J connectivity index is 2.02. The summed E-state index contributed by atoms with van der Waals surface area (Å²) < 4.78 is 5.20. The molecule has 0 bridgehead atoms. The number of carboxylic acids is 1. The lowest BCUT2D eigenvalue weighted by molar-refractivity contribution is -0.137. The summed E-state index contributed by atoms with van der Waals surface area (Å²) in [4.78, 5) is 10.3. The molecule has 0 aliphatic carbocycles. The van der Waals surface area contributed by atoms with Crippen LogP contribution in [0.3, 0.4) is 0 Å². The molecule has 0 unspecified atom stereocenters. The zero-order valence-corrected chi connectivity index (χ0v) is 11.7. The molecule has 1 N–H and O–H groups in total. The van der Waals surface area contributed by atoms with E-state index in [0.29, 0.717) is 6.42 Å². The smallest absolute Gasteiger partial charge is 0.303 e. The van der Waals surface area contributed by atoms with E-state index in [1.807, 2.05) is 12.1 Å². The summed E-state index contributed by atoms with van der Waals surface area (Å²) in [6, 6.07) is 8.22. The van der Waals surface area contributed by atoms with Gasteiger partial charge in [-0.25, -0.2) is 0 Å². The average Bonchev–Trinajstić information content (AvgIpc) is 2.41. The Labute approximate surface area is 115 Å². The first-order valence-electron chi connectivity index (χ1n) is 7.07. The highest BCUT2D eigenvalue weighted by Gasteiger charge is 1.98. The van der Waals surface area contributed by atoms with Crippen molar-refractivity contribution in [3.05, 3.63) is 29.8 Å². The van der Waals surface area contributed by atoms with E-state index < -0.39 is 5.97 Å². The Kier molecular flexibility index (Phi) is 7.71. The Morgan fingerprint density at radius 3 is 2.47 bits per heavy atom. The molecular formula is C16H24O3. The summed E-state index contributed by atoms with van der Waals surface area (Å²) in [6.45, 7) is 0. The molecule has 1 aromatic carbocycles. The van der Waals surface area contributed by atoms with E-state index >= 15 is 0 Å². The monoisotopic (exact) mass is 264 g/mol. The van der Waals surface area contributed by atoms with Gasteiger partial charge in [-0.1, -0.05) is 37.8 Å². The quantitative estimate of drug-likeness (QED) is 0.648. The second-order valence-corrected chi connectivity index (χ2v) is 4.87. The van der Waals surface area contributed by atoms with Crippen molar-refractivity contribution >= 4 is 5.97 Å². The number of benzene rings is 1. The van der Waals surface area contributed by atoms with E-state index in [4.69, 9.17) is 9.84 Å². The summed E-state index contributed by atoms with van der Waals surface area (Å²) in [5, 5.41) is 8.51. The first-order chi connectivity index (χ1) is 9.22. The maximum atomic E-state index is 10.3. The van der Waals surface area contributed by atoms with Crippen molar-refractivity contribution in [2.45, 2.75) is 51.4 Å². The predicted octanol–water partition coefficient (Wildman–Crippen LogP) is 4.05. The van der Waals surface area contributed by atoms with Crippen LogP contribution in [0.25, 0.3) is 0 Å². The normalized spacial score (nSPS) is 10.4. The maximum absolute atomic E-state index is 10.3. The van der Waals surface area contributed by atoms with Crippen molar-refractivity contribution in [2.75, 3.05) is 7.11 Å². The van der Waals surface area contributed by atoms with Crippen LogP contribution in [0.4, 0.5) is 0 Å². The highest BCUT2D eigenvalue weighted by atomic mass is 16.5. The van der Waals surface area contributed by atoms with Crippen LogP contribution in [0.5, 0.6) is 5.75 Å². The molecule has 3 heteroatoms. The van der Waals surface area contributed by atoms with Gasteiger partial charge in [-0.15, -0.1) is 0 Å². The van der Waals surface area contributed by atoms with Crippen LogP contribution in [-0.4, -0.2) is 18.2 Å². The molecule has 0 saturated heterocycles. The molecule has 19 heavy (non-hydrogen) atoms. The molecule has 0 saturated carbocycles. The van der Waals surface area contributed by atoms with Crippen LogP contribution >= 0.6 is 0 Å². The van der Waals surface area contributed by atoms with E-state index in [1.54, 1.807) is 7.11 Å². The molecule has 106 valence electrons. The van der Waals surface area contributed by atoms with E-state index in [1.165, 1.54) is 24.8 Å². The lowest BCUT2D eigenvalue weighted by atomic mass is 10.0. The van der Waals surface area contributed by atoms with Gasteiger partial charge in [0, 0.05) is 6.42 Å². The lowest BCUT2D eigenvalue weighted by Gasteiger charge is -2.04. The average molecular weight is 264 g/mol. The Morgan fingerprint density at radius 2 is 1.79 bits per heavy atom. The molecule has 0 aliphatic rings. The van der Waals surface area contributed by atoms with Crippen molar-refractivity contribution < 1.29 is 14.6 Å². The van der Waals surface area contributed by atoms with Gasteiger partial charge in [-0.05, 0) is 37.0 Å². The molecule has 1 rings (SSSR count). The highest BCUT2D eigenvalue weighted by Crippen LogP contribution is 2.15. The number of methoxy groups -OCH3 is 1. The van der Waals surface area contributed by atoms with Crippen molar-refractivity contribution in [1.82, 2.24) is 0 Å². The molecule has 0 spiro atoms. The zero-order chi connectivity index (χ0) is 13.9. The number of ether oxygens (including phenoxy) is 1. The number of aliphatic carboxylic acids is 1. The van der Waals surface area contributed by atoms with Gasteiger partial charge in [-0.3, -0.25) is 4.79 Å². The second kappa shape index (κ2) is 9.42. The first-order valence-corrected chi connectivity index (χ1v) is 7.07. The van der Waals surface area contributed by atoms with Gasteiger partial charge in [0.1, 0.15) is 5.75 Å². The minimum Gasteiger partial charge on any atom is -0.497 e. The third-order valence-corrected chi connectivity index (χ3v) is 3.24. The number of carbonyl (C=O) groups is 1. The Hall–Kier alpha value is -1.51. The first kappa shape index (κ1) is 15.5.